The SMILES string of the molecule is NC1(Nc2ccc(C(F)(F)F)cc2)C=CC=CN1. The Morgan fingerprint density at radius 3 is 2.28 bits per heavy atom. The summed E-state index contributed by atoms with van der Waals surface area (Å²) in [7, 11) is 0. The van der Waals surface area contributed by atoms with Gasteiger partial charge in [0.2, 0.25) is 0 Å². The summed E-state index contributed by atoms with van der Waals surface area (Å²) in [4.78, 5) is 0. The summed E-state index contributed by atoms with van der Waals surface area (Å²) in [5.74, 6) is -0.992. The van der Waals surface area contributed by atoms with E-state index in [9.17, 15) is 13.2 Å². The van der Waals surface area contributed by atoms with E-state index in [1.165, 1.54) is 12.1 Å². The molecule has 96 valence electrons. The lowest BCUT2D eigenvalue weighted by Gasteiger charge is -2.30. The van der Waals surface area contributed by atoms with Crippen LogP contribution in [0, 0.1) is 0 Å². The molecule has 2 rings (SSSR count). The van der Waals surface area contributed by atoms with Gasteiger partial charge >= 0.3 is 6.18 Å². The fraction of sp³-hybridized carbons (Fsp3) is 0.167. The Bertz CT molecular complexity index is 476. The molecule has 0 radical (unpaired) electrons. The molecule has 1 aromatic rings. The van der Waals surface area contributed by atoms with E-state index < -0.39 is 17.5 Å². The van der Waals surface area contributed by atoms with Gasteiger partial charge in [-0.2, -0.15) is 13.2 Å². The van der Waals surface area contributed by atoms with Gasteiger partial charge in [0, 0.05) is 5.69 Å². The van der Waals surface area contributed by atoms with Crippen molar-refractivity contribution >= 4 is 5.69 Å². The summed E-state index contributed by atoms with van der Waals surface area (Å²) in [5, 5.41) is 5.76. The second-order valence-electron chi connectivity index (χ2n) is 3.93. The number of benzene rings is 1. The lowest BCUT2D eigenvalue weighted by molar-refractivity contribution is -0.137. The van der Waals surface area contributed by atoms with Gasteiger partial charge in [0.1, 0.15) is 0 Å². The Balaban J connectivity index is 2.11. The third-order valence-corrected chi connectivity index (χ3v) is 2.45. The van der Waals surface area contributed by atoms with Crippen molar-refractivity contribution in [2.75, 3.05) is 5.32 Å². The lowest BCUT2D eigenvalue weighted by Crippen LogP contribution is -2.56. The van der Waals surface area contributed by atoms with Gasteiger partial charge in [0.25, 0.3) is 0 Å². The summed E-state index contributed by atoms with van der Waals surface area (Å²) < 4.78 is 37.1. The highest BCUT2D eigenvalue weighted by atomic mass is 19.4. The third kappa shape index (κ3) is 2.84. The van der Waals surface area contributed by atoms with Gasteiger partial charge in [-0.05, 0) is 42.6 Å². The molecule has 1 atom stereocenters. The van der Waals surface area contributed by atoms with Crippen molar-refractivity contribution < 1.29 is 13.2 Å². The molecule has 1 heterocycles. The number of nitrogens with one attached hydrogen (secondary N) is 2. The zero-order valence-corrected chi connectivity index (χ0v) is 9.33. The maximum absolute atomic E-state index is 12.4. The number of hydrogen-bond donors (Lipinski definition) is 3. The van der Waals surface area contributed by atoms with Crippen LogP contribution in [0.1, 0.15) is 5.56 Å². The first-order chi connectivity index (χ1) is 8.39. The van der Waals surface area contributed by atoms with Crippen LogP contribution in [0.4, 0.5) is 18.9 Å². The molecule has 4 N–H and O–H groups in total. The second kappa shape index (κ2) is 4.38. The highest BCUT2D eigenvalue weighted by Gasteiger charge is 2.30. The predicted molar refractivity (Wildman–Crippen MR) is 63.4 cm³/mol. The summed E-state index contributed by atoms with van der Waals surface area (Å²) in [6.45, 7) is 0. The summed E-state index contributed by atoms with van der Waals surface area (Å²) >= 11 is 0. The van der Waals surface area contributed by atoms with Crippen molar-refractivity contribution in [1.82, 2.24) is 5.32 Å². The van der Waals surface area contributed by atoms with Crippen LogP contribution in [0.3, 0.4) is 0 Å². The van der Waals surface area contributed by atoms with Crippen LogP contribution in [0.15, 0.2) is 48.7 Å². The Morgan fingerprint density at radius 2 is 1.78 bits per heavy atom. The molecule has 0 saturated heterocycles. The van der Waals surface area contributed by atoms with E-state index in [1.807, 2.05) is 0 Å². The van der Waals surface area contributed by atoms with Gasteiger partial charge in [0.15, 0.2) is 5.79 Å². The Kier molecular flexibility index (Phi) is 3.04. The lowest BCUT2D eigenvalue weighted by atomic mass is 10.2. The summed E-state index contributed by atoms with van der Waals surface area (Å²) in [6.07, 6.45) is 2.50. The van der Waals surface area contributed by atoms with Gasteiger partial charge in [-0.25, -0.2) is 0 Å². The zero-order chi connectivity index (χ0) is 13.2. The highest BCUT2D eigenvalue weighted by molar-refractivity contribution is 5.48. The molecular weight excluding hydrogens is 243 g/mol. The number of hydrogen-bond acceptors (Lipinski definition) is 3. The van der Waals surface area contributed by atoms with Gasteiger partial charge in [-0.3, -0.25) is 5.73 Å². The van der Waals surface area contributed by atoms with E-state index in [2.05, 4.69) is 10.6 Å². The van der Waals surface area contributed by atoms with Crippen LogP contribution in [-0.4, -0.2) is 5.79 Å². The van der Waals surface area contributed by atoms with E-state index in [0.717, 1.165) is 12.1 Å². The van der Waals surface area contributed by atoms with E-state index >= 15 is 0 Å². The number of rotatable bonds is 2. The molecule has 0 amide bonds. The summed E-state index contributed by atoms with van der Waals surface area (Å²) in [5.41, 5.74) is 5.74. The molecule has 1 unspecified atom stereocenters. The molecular formula is C12H12F3N3. The smallest absolute Gasteiger partial charge is 0.354 e. The molecule has 0 aliphatic carbocycles. The number of allylic oxidation sites excluding steroid dienone is 2. The number of alkyl halides is 3. The molecule has 0 aromatic heterocycles. The van der Waals surface area contributed by atoms with Crippen molar-refractivity contribution in [1.29, 1.82) is 0 Å². The molecule has 1 aromatic carbocycles. The van der Waals surface area contributed by atoms with Crippen LogP contribution in [0.5, 0.6) is 0 Å². The quantitative estimate of drug-likeness (QED) is 0.711. The van der Waals surface area contributed by atoms with Crippen LogP contribution < -0.4 is 16.4 Å². The van der Waals surface area contributed by atoms with E-state index in [-0.39, 0.29) is 0 Å². The van der Waals surface area contributed by atoms with E-state index in [1.54, 1.807) is 24.4 Å². The largest absolute Gasteiger partial charge is 0.416 e. The topological polar surface area (TPSA) is 50.1 Å². The van der Waals surface area contributed by atoms with Crippen molar-refractivity contribution in [2.24, 2.45) is 5.73 Å². The molecule has 0 bridgehead atoms. The van der Waals surface area contributed by atoms with E-state index in [0.29, 0.717) is 5.69 Å². The minimum atomic E-state index is -4.33. The van der Waals surface area contributed by atoms with Crippen molar-refractivity contribution in [3.05, 3.63) is 54.3 Å². The average Bonchev–Trinajstić information content (AvgIpc) is 2.29. The summed E-state index contributed by atoms with van der Waals surface area (Å²) in [6, 6.07) is 4.69. The fourth-order valence-electron chi connectivity index (χ4n) is 1.56. The van der Waals surface area contributed by atoms with Crippen LogP contribution in [0.25, 0.3) is 0 Å². The van der Waals surface area contributed by atoms with Gasteiger partial charge in [-0.1, -0.05) is 6.08 Å². The number of anilines is 1. The monoisotopic (exact) mass is 255 g/mol. The number of halogens is 3. The zero-order valence-electron chi connectivity index (χ0n) is 9.33. The molecule has 1 aliphatic heterocycles. The molecule has 0 spiro atoms. The van der Waals surface area contributed by atoms with Crippen LogP contribution >= 0.6 is 0 Å². The normalized spacial score (nSPS) is 22.7. The van der Waals surface area contributed by atoms with Gasteiger partial charge in [0.05, 0.1) is 5.56 Å². The maximum atomic E-state index is 12.4. The number of dihydropyridines is 1. The minimum Gasteiger partial charge on any atom is -0.354 e. The molecule has 0 fully saturated rings. The van der Waals surface area contributed by atoms with Crippen LogP contribution in [0.2, 0.25) is 0 Å². The first-order valence-electron chi connectivity index (χ1n) is 5.25. The molecule has 3 nitrogen and oxygen atoms in total. The molecule has 1 aliphatic rings. The molecule has 18 heavy (non-hydrogen) atoms. The molecule has 6 heteroatoms. The van der Waals surface area contributed by atoms with Gasteiger partial charge < -0.3 is 10.6 Å². The second-order valence-corrected chi connectivity index (χ2v) is 3.93. The third-order valence-electron chi connectivity index (χ3n) is 2.45. The highest BCUT2D eigenvalue weighted by Crippen LogP contribution is 2.30. The average molecular weight is 255 g/mol. The Morgan fingerprint density at radius 1 is 1.11 bits per heavy atom. The van der Waals surface area contributed by atoms with Crippen molar-refractivity contribution in [2.45, 2.75) is 12.0 Å². The van der Waals surface area contributed by atoms with Crippen molar-refractivity contribution in [3.63, 3.8) is 0 Å². The standard InChI is InChI=1S/C12H12F3N3/c13-12(14,15)9-3-5-10(6-4-9)18-11(16)7-1-2-8-17-11/h1-8,17-18H,16H2. The maximum Gasteiger partial charge on any atom is 0.416 e. The molecule has 0 saturated carbocycles. The predicted octanol–water partition coefficient (Wildman–Crippen LogP) is 2.40. The minimum absolute atomic E-state index is 0.498. The first-order valence-corrected chi connectivity index (χ1v) is 5.25. The first kappa shape index (κ1) is 12.5. The van der Waals surface area contributed by atoms with Crippen LogP contribution in [-0.2, 0) is 6.18 Å². The Hall–Kier alpha value is -1.95. The van der Waals surface area contributed by atoms with E-state index in [4.69, 9.17) is 5.73 Å². The fourth-order valence-corrected chi connectivity index (χ4v) is 1.56. The van der Waals surface area contributed by atoms with Gasteiger partial charge in [-0.15, -0.1) is 0 Å². The number of nitrogens with two attached hydrogens (primary N) is 1. The van der Waals surface area contributed by atoms with Crippen molar-refractivity contribution in [3.8, 4) is 0 Å². The Labute approximate surface area is 102 Å².